The molecule has 4 heterocycles. The highest BCUT2D eigenvalue weighted by Gasteiger charge is 2.77. The number of hydrogen-bond donors (Lipinski definition) is 1. The van der Waals surface area contributed by atoms with E-state index >= 15 is 8.78 Å². The average molecular weight is 779 g/mol. The van der Waals surface area contributed by atoms with E-state index in [0.29, 0.717) is 32.5 Å². The summed E-state index contributed by atoms with van der Waals surface area (Å²) in [5, 5.41) is 9.76. The number of carbonyl (C=O) groups excluding carboxylic acids is 4. The van der Waals surface area contributed by atoms with Gasteiger partial charge in [-0.05, 0) is 49.3 Å². The van der Waals surface area contributed by atoms with Crippen LogP contribution in [-0.4, -0.2) is 67.4 Å². The lowest BCUT2D eigenvalue weighted by Gasteiger charge is -2.49. The number of piperidine rings is 1. The zero-order valence-electron chi connectivity index (χ0n) is 27.6. The van der Waals surface area contributed by atoms with Crippen molar-refractivity contribution in [3.8, 4) is 0 Å². The first-order valence-corrected chi connectivity index (χ1v) is 17.8. The highest BCUT2D eigenvalue weighted by Crippen LogP contribution is 2.66. The van der Waals surface area contributed by atoms with Crippen LogP contribution in [0.15, 0.2) is 58.5 Å². The summed E-state index contributed by atoms with van der Waals surface area (Å²) in [6.45, 7) is 1.35. The smallest absolute Gasteiger partial charge is 0.258 e. The molecule has 4 amide bonds. The maximum atomic E-state index is 15.2. The van der Waals surface area contributed by atoms with Crippen LogP contribution in [0.3, 0.4) is 0 Å². The zero-order valence-corrected chi connectivity index (χ0v) is 29.2. The molecular weight excluding hydrogens is 748 g/mol. The molecule has 2 aliphatic carbocycles. The van der Waals surface area contributed by atoms with Crippen LogP contribution in [0.5, 0.6) is 0 Å². The van der Waals surface area contributed by atoms with Crippen molar-refractivity contribution in [2.24, 2.45) is 17.8 Å². The number of likely N-dealkylation sites (tertiary alicyclic amines) is 2. The normalized spacial score (nSPS) is 30.5. The quantitative estimate of drug-likeness (QED) is 0.0855. The van der Waals surface area contributed by atoms with Crippen LogP contribution in [-0.2, 0) is 32.3 Å². The van der Waals surface area contributed by atoms with Gasteiger partial charge in [-0.2, -0.15) is 0 Å². The van der Waals surface area contributed by atoms with Gasteiger partial charge in [-0.1, -0.05) is 42.0 Å². The fraction of sp³-hybridized carbons (Fsp3) is 0.405. The Morgan fingerprint density at radius 3 is 2.08 bits per heavy atom. The molecule has 278 valence electrons. The predicted octanol–water partition coefficient (Wildman–Crippen LogP) is 5.70. The van der Waals surface area contributed by atoms with Crippen molar-refractivity contribution < 1.29 is 50.7 Å². The standard InChI is InChI=1S/C37H30Cl2F5N3O6/c38-36-14-22-20(7-8-21-24(22)33(50)46(32(21)49)18-10-12-45(13-11-18)15-17-4-2-1-3-5-17)25(23-9-6-19(16-48)53-23)37(36,39)35(52)47(34(36)51)31-29(43)27(41)26(40)28(42)30(31)44/h1-7,9,18,21-22,24-25,48H,8,10-16H2/t21-,22+,24-,25+,36+,37-/m0/s1. The third kappa shape index (κ3) is 5.01. The molecule has 3 aliphatic heterocycles. The van der Waals surface area contributed by atoms with Gasteiger partial charge in [-0.15, -0.1) is 23.2 Å². The number of alkyl halides is 2. The number of imide groups is 2. The zero-order chi connectivity index (χ0) is 37.7. The van der Waals surface area contributed by atoms with Gasteiger partial charge in [-0.3, -0.25) is 29.0 Å². The minimum Gasteiger partial charge on any atom is -0.463 e. The molecule has 3 aromatic rings. The van der Waals surface area contributed by atoms with Crippen molar-refractivity contribution in [3.05, 3.63) is 100 Å². The lowest BCUT2D eigenvalue weighted by molar-refractivity contribution is -0.144. The van der Waals surface area contributed by atoms with Gasteiger partial charge >= 0.3 is 0 Å². The van der Waals surface area contributed by atoms with Crippen molar-refractivity contribution in [3.63, 3.8) is 0 Å². The van der Waals surface area contributed by atoms with E-state index < -0.39 is 111 Å². The maximum absolute atomic E-state index is 15.2. The molecule has 1 N–H and O–H groups in total. The topological polar surface area (TPSA) is 111 Å². The molecule has 53 heavy (non-hydrogen) atoms. The van der Waals surface area contributed by atoms with E-state index in [2.05, 4.69) is 4.90 Å². The van der Waals surface area contributed by atoms with Crippen LogP contribution >= 0.6 is 23.2 Å². The van der Waals surface area contributed by atoms with Gasteiger partial charge in [0.15, 0.2) is 33.0 Å². The first-order valence-electron chi connectivity index (χ1n) is 17.0. The van der Waals surface area contributed by atoms with Crippen LogP contribution in [0.25, 0.3) is 0 Å². The predicted molar refractivity (Wildman–Crippen MR) is 178 cm³/mol. The average Bonchev–Trinajstić information content (AvgIpc) is 3.77. The molecule has 1 aromatic heterocycles. The first kappa shape index (κ1) is 35.9. The molecule has 0 radical (unpaired) electrons. The number of allylic oxidation sites excluding steroid dienone is 2. The summed E-state index contributed by atoms with van der Waals surface area (Å²) in [4.78, 5) is 55.0. The van der Waals surface area contributed by atoms with Gasteiger partial charge in [-0.25, -0.2) is 26.9 Å². The van der Waals surface area contributed by atoms with E-state index in [0.717, 1.165) is 5.56 Å². The van der Waals surface area contributed by atoms with E-state index in [4.69, 9.17) is 27.6 Å². The largest absolute Gasteiger partial charge is 0.463 e. The molecule has 0 unspecified atom stereocenters. The molecule has 5 aliphatic rings. The Labute approximate surface area is 308 Å². The van der Waals surface area contributed by atoms with E-state index in [9.17, 15) is 37.5 Å². The first-order chi connectivity index (χ1) is 25.2. The van der Waals surface area contributed by atoms with Gasteiger partial charge in [0, 0.05) is 25.7 Å². The van der Waals surface area contributed by atoms with E-state index in [1.807, 2.05) is 30.3 Å². The van der Waals surface area contributed by atoms with E-state index in [1.54, 1.807) is 6.08 Å². The maximum Gasteiger partial charge on any atom is 0.258 e. The van der Waals surface area contributed by atoms with Crippen molar-refractivity contribution >= 4 is 52.5 Å². The third-order valence-electron chi connectivity index (χ3n) is 11.5. The third-order valence-corrected chi connectivity index (χ3v) is 13.0. The van der Waals surface area contributed by atoms with Crippen molar-refractivity contribution in [1.82, 2.24) is 9.80 Å². The summed E-state index contributed by atoms with van der Waals surface area (Å²) < 4.78 is 79.1. The summed E-state index contributed by atoms with van der Waals surface area (Å²) in [5.74, 6) is -21.0. The molecule has 0 spiro atoms. The van der Waals surface area contributed by atoms with Gasteiger partial charge in [0.1, 0.15) is 23.8 Å². The van der Waals surface area contributed by atoms with Crippen LogP contribution < -0.4 is 4.90 Å². The molecule has 4 fully saturated rings. The Morgan fingerprint density at radius 1 is 0.811 bits per heavy atom. The summed E-state index contributed by atoms with van der Waals surface area (Å²) >= 11 is 14.2. The van der Waals surface area contributed by atoms with Gasteiger partial charge in [0.25, 0.3) is 11.8 Å². The van der Waals surface area contributed by atoms with E-state index in [-0.39, 0.29) is 28.4 Å². The number of anilines is 1. The summed E-state index contributed by atoms with van der Waals surface area (Å²) in [5.41, 5.74) is -0.452. The second-order valence-electron chi connectivity index (χ2n) is 14.2. The Morgan fingerprint density at radius 2 is 1.45 bits per heavy atom. The number of benzene rings is 2. The van der Waals surface area contributed by atoms with Gasteiger partial charge < -0.3 is 9.52 Å². The highest BCUT2D eigenvalue weighted by atomic mass is 35.5. The minimum absolute atomic E-state index is 0.00199. The SMILES string of the molecule is O=C1[C@H]2[C@H](CC=C3[C@H]2C[C@@]2(Cl)C(=O)N(c4c(F)c(F)c(F)c(F)c4F)C(=O)[C@@]2(Cl)[C@H]3c2ccc(CO)o2)C(=O)N1C1CCN(Cc2ccccc2)CC1. The molecule has 0 bridgehead atoms. The molecule has 16 heteroatoms. The molecule has 8 rings (SSSR count). The molecule has 6 atom stereocenters. The number of halogens is 7. The Balaban J connectivity index is 1.17. The van der Waals surface area contributed by atoms with Gasteiger partial charge in [0.05, 0.1) is 17.8 Å². The number of hydrogen-bond acceptors (Lipinski definition) is 7. The van der Waals surface area contributed by atoms with Gasteiger partial charge in [0.2, 0.25) is 17.6 Å². The lowest BCUT2D eigenvalue weighted by atomic mass is 9.57. The number of rotatable bonds is 6. The lowest BCUT2D eigenvalue weighted by Crippen LogP contribution is -2.60. The van der Waals surface area contributed by atoms with Crippen LogP contribution in [0.4, 0.5) is 27.6 Å². The number of aliphatic hydroxyl groups excluding tert-OH is 1. The number of aliphatic hydroxyl groups is 1. The monoisotopic (exact) mass is 777 g/mol. The van der Waals surface area contributed by atoms with Crippen molar-refractivity contribution in [2.75, 3.05) is 18.0 Å². The molecule has 9 nitrogen and oxygen atoms in total. The van der Waals surface area contributed by atoms with Crippen molar-refractivity contribution in [1.29, 1.82) is 0 Å². The Kier molecular flexibility index (Phi) is 8.63. The highest BCUT2D eigenvalue weighted by molar-refractivity contribution is 6.58. The number of carbonyl (C=O) groups is 4. The molecule has 2 aromatic carbocycles. The van der Waals surface area contributed by atoms with Crippen LogP contribution in [0, 0.1) is 46.8 Å². The summed E-state index contributed by atoms with van der Waals surface area (Å²) in [6.07, 6.45) is 2.06. The van der Waals surface area contributed by atoms with Crippen LogP contribution in [0.2, 0.25) is 0 Å². The minimum atomic E-state index is -2.69. The number of nitrogens with zero attached hydrogens (tertiary/aromatic N) is 3. The second-order valence-corrected chi connectivity index (χ2v) is 15.4. The second kappa shape index (κ2) is 12.7. The fourth-order valence-corrected chi connectivity index (χ4v) is 9.99. The van der Waals surface area contributed by atoms with Crippen molar-refractivity contribution in [2.45, 2.75) is 60.5 Å². The number of fused-ring (bicyclic) bond motifs is 4. The Hall–Kier alpha value is -4.11. The Bertz CT molecular complexity index is 2080. The summed E-state index contributed by atoms with van der Waals surface area (Å²) in [7, 11) is 0. The van der Waals surface area contributed by atoms with Crippen LogP contribution in [0.1, 0.15) is 48.7 Å². The van der Waals surface area contributed by atoms with E-state index in [1.165, 1.54) is 17.0 Å². The molecular formula is C37H30Cl2F5N3O6. The number of furan rings is 1. The number of amides is 4. The summed E-state index contributed by atoms with van der Waals surface area (Å²) in [6, 6.07) is 12.1. The molecule has 3 saturated heterocycles. The molecule has 1 saturated carbocycles. The fourth-order valence-electron chi connectivity index (χ4n) is 9.07.